The van der Waals surface area contributed by atoms with Gasteiger partial charge in [-0.15, -0.1) is 0 Å². The van der Waals surface area contributed by atoms with Gasteiger partial charge in [0.1, 0.15) is 0 Å². The highest BCUT2D eigenvalue weighted by Gasteiger charge is 2.41. The molecule has 0 saturated carbocycles. The summed E-state index contributed by atoms with van der Waals surface area (Å²) in [6, 6.07) is 0. The summed E-state index contributed by atoms with van der Waals surface area (Å²) >= 11 is 0. The summed E-state index contributed by atoms with van der Waals surface area (Å²) in [7, 11) is 1.82. The van der Waals surface area contributed by atoms with Gasteiger partial charge in [0.2, 0.25) is 11.8 Å². The second-order valence-electron chi connectivity index (χ2n) is 5.78. The van der Waals surface area contributed by atoms with Gasteiger partial charge in [0.25, 0.3) is 0 Å². The molecule has 1 N–H and O–H groups in total. The lowest BCUT2D eigenvalue weighted by molar-refractivity contribution is -0.147. The van der Waals surface area contributed by atoms with Crippen LogP contribution in [0.3, 0.4) is 0 Å². The summed E-state index contributed by atoms with van der Waals surface area (Å²) in [5.41, 5.74) is -0.242. The zero-order valence-electron chi connectivity index (χ0n) is 12.1. The minimum Gasteiger partial charge on any atom is -0.344 e. The molecular formula is C14H25N3O2. The fourth-order valence-electron chi connectivity index (χ4n) is 3.12. The van der Waals surface area contributed by atoms with Gasteiger partial charge in [-0.05, 0) is 38.8 Å². The van der Waals surface area contributed by atoms with E-state index < -0.39 is 0 Å². The second-order valence-corrected chi connectivity index (χ2v) is 5.78. The fraction of sp³-hybridized carbons (Fsp3) is 0.857. The first-order valence-corrected chi connectivity index (χ1v) is 7.33. The topological polar surface area (TPSA) is 52.7 Å². The highest BCUT2D eigenvalue weighted by atomic mass is 16.2. The Kier molecular flexibility index (Phi) is 4.45. The van der Waals surface area contributed by atoms with Gasteiger partial charge in [0.15, 0.2) is 0 Å². The largest absolute Gasteiger partial charge is 0.344 e. The summed E-state index contributed by atoms with van der Waals surface area (Å²) in [6.45, 7) is 5.62. The van der Waals surface area contributed by atoms with Crippen molar-refractivity contribution in [2.45, 2.75) is 32.6 Å². The van der Waals surface area contributed by atoms with Gasteiger partial charge in [-0.1, -0.05) is 6.92 Å². The lowest BCUT2D eigenvalue weighted by atomic mass is 9.75. The van der Waals surface area contributed by atoms with Crippen molar-refractivity contribution in [3.8, 4) is 0 Å². The normalized spacial score (nSPS) is 24.2. The number of carbonyl (C=O) groups excluding carboxylic acids is 2. The Balaban J connectivity index is 2.10. The summed E-state index contributed by atoms with van der Waals surface area (Å²) in [6.07, 6.45) is 3.53. The standard InChI is InChI=1S/C14H25N3O2/c1-3-14(5-7-15-8-6-14)13(19)17-10-4-9-16(2)12(18)11-17/h15H,3-11H2,1-2H3. The molecule has 0 aromatic rings. The van der Waals surface area contributed by atoms with Crippen LogP contribution in [0, 0.1) is 5.41 Å². The van der Waals surface area contributed by atoms with Gasteiger partial charge in [0, 0.05) is 20.1 Å². The number of rotatable bonds is 2. The molecule has 108 valence electrons. The van der Waals surface area contributed by atoms with Gasteiger partial charge in [-0.3, -0.25) is 9.59 Å². The van der Waals surface area contributed by atoms with Crippen LogP contribution < -0.4 is 5.32 Å². The van der Waals surface area contributed by atoms with Crippen LogP contribution in [0.5, 0.6) is 0 Å². The molecular weight excluding hydrogens is 242 g/mol. The third-order valence-electron chi connectivity index (χ3n) is 4.65. The van der Waals surface area contributed by atoms with Crippen molar-refractivity contribution in [2.24, 2.45) is 5.41 Å². The van der Waals surface area contributed by atoms with Crippen molar-refractivity contribution < 1.29 is 9.59 Å². The quantitative estimate of drug-likeness (QED) is 0.790. The average molecular weight is 267 g/mol. The zero-order chi connectivity index (χ0) is 13.9. The predicted octanol–water partition coefficient (Wildman–Crippen LogP) is 0.457. The van der Waals surface area contributed by atoms with E-state index in [0.717, 1.165) is 45.3 Å². The Morgan fingerprint density at radius 3 is 2.63 bits per heavy atom. The maximum atomic E-state index is 12.8. The lowest BCUT2D eigenvalue weighted by Gasteiger charge is -2.39. The average Bonchev–Trinajstić information content (AvgIpc) is 2.61. The molecule has 2 aliphatic heterocycles. The molecule has 0 aliphatic carbocycles. The van der Waals surface area contributed by atoms with Crippen molar-refractivity contribution in [3.05, 3.63) is 0 Å². The maximum Gasteiger partial charge on any atom is 0.241 e. The molecule has 0 bridgehead atoms. The number of hydrogen-bond acceptors (Lipinski definition) is 3. The number of amides is 2. The Morgan fingerprint density at radius 1 is 1.32 bits per heavy atom. The van der Waals surface area contributed by atoms with E-state index in [2.05, 4.69) is 12.2 Å². The van der Waals surface area contributed by atoms with Gasteiger partial charge in [-0.25, -0.2) is 0 Å². The first-order chi connectivity index (χ1) is 9.09. The monoisotopic (exact) mass is 267 g/mol. The predicted molar refractivity (Wildman–Crippen MR) is 73.7 cm³/mol. The van der Waals surface area contributed by atoms with Gasteiger partial charge < -0.3 is 15.1 Å². The Bertz CT molecular complexity index is 351. The summed E-state index contributed by atoms with van der Waals surface area (Å²) in [5, 5.41) is 3.31. The molecule has 0 atom stereocenters. The number of hydrogen-bond donors (Lipinski definition) is 1. The zero-order valence-corrected chi connectivity index (χ0v) is 12.1. The highest BCUT2D eigenvalue weighted by Crippen LogP contribution is 2.35. The molecule has 0 aromatic heterocycles. The molecule has 5 heteroatoms. The van der Waals surface area contributed by atoms with Crippen LogP contribution in [0.15, 0.2) is 0 Å². The van der Waals surface area contributed by atoms with Crippen molar-refractivity contribution in [3.63, 3.8) is 0 Å². The summed E-state index contributed by atoms with van der Waals surface area (Å²) in [4.78, 5) is 28.3. The van der Waals surface area contributed by atoms with Crippen molar-refractivity contribution in [2.75, 3.05) is 39.8 Å². The first-order valence-electron chi connectivity index (χ1n) is 7.33. The van der Waals surface area contributed by atoms with Crippen LogP contribution in [0.25, 0.3) is 0 Å². The van der Waals surface area contributed by atoms with Crippen LogP contribution in [0.2, 0.25) is 0 Å². The summed E-state index contributed by atoms with van der Waals surface area (Å²) < 4.78 is 0. The van der Waals surface area contributed by atoms with E-state index >= 15 is 0 Å². The fourth-order valence-corrected chi connectivity index (χ4v) is 3.12. The van der Waals surface area contributed by atoms with Crippen molar-refractivity contribution in [1.29, 1.82) is 0 Å². The number of likely N-dealkylation sites (N-methyl/N-ethyl adjacent to an activating group) is 1. The second kappa shape index (κ2) is 5.90. The van der Waals surface area contributed by atoms with Gasteiger partial charge in [-0.2, -0.15) is 0 Å². The van der Waals surface area contributed by atoms with E-state index in [1.165, 1.54) is 0 Å². The van der Waals surface area contributed by atoms with E-state index in [1.807, 2.05) is 7.05 Å². The van der Waals surface area contributed by atoms with Crippen molar-refractivity contribution in [1.82, 2.24) is 15.1 Å². The molecule has 2 rings (SSSR count). The van der Waals surface area contributed by atoms with Crippen molar-refractivity contribution >= 4 is 11.8 Å². The third kappa shape index (κ3) is 2.91. The van der Waals surface area contributed by atoms with E-state index in [-0.39, 0.29) is 23.8 Å². The van der Waals surface area contributed by atoms with Gasteiger partial charge in [0.05, 0.1) is 12.0 Å². The van der Waals surface area contributed by atoms with Crippen LogP contribution >= 0.6 is 0 Å². The Hall–Kier alpha value is -1.10. The number of piperidine rings is 1. The Labute approximate surface area is 115 Å². The number of nitrogens with one attached hydrogen (secondary N) is 1. The molecule has 2 heterocycles. The lowest BCUT2D eigenvalue weighted by Crippen LogP contribution is -2.50. The SMILES string of the molecule is CCC1(C(=O)N2CCCN(C)C(=O)C2)CCNCC1. The first kappa shape index (κ1) is 14.3. The summed E-state index contributed by atoms with van der Waals surface area (Å²) in [5.74, 6) is 0.256. The molecule has 2 fully saturated rings. The molecule has 2 aliphatic rings. The molecule has 0 unspecified atom stereocenters. The minimum atomic E-state index is -0.242. The van der Waals surface area contributed by atoms with E-state index in [4.69, 9.17) is 0 Å². The molecule has 0 spiro atoms. The van der Waals surface area contributed by atoms with Crippen LogP contribution in [-0.4, -0.2) is 61.4 Å². The molecule has 5 nitrogen and oxygen atoms in total. The maximum absolute atomic E-state index is 12.8. The Morgan fingerprint density at radius 2 is 2.00 bits per heavy atom. The molecule has 19 heavy (non-hydrogen) atoms. The molecule has 2 amide bonds. The third-order valence-corrected chi connectivity index (χ3v) is 4.65. The van der Waals surface area contributed by atoms with E-state index in [0.29, 0.717) is 6.54 Å². The van der Waals surface area contributed by atoms with E-state index in [1.54, 1.807) is 9.80 Å². The van der Waals surface area contributed by atoms with Crippen LogP contribution in [-0.2, 0) is 9.59 Å². The number of carbonyl (C=O) groups is 2. The van der Waals surface area contributed by atoms with Crippen LogP contribution in [0.4, 0.5) is 0 Å². The number of nitrogens with zero attached hydrogens (tertiary/aromatic N) is 2. The molecule has 0 radical (unpaired) electrons. The highest BCUT2D eigenvalue weighted by molar-refractivity contribution is 5.88. The molecule has 2 saturated heterocycles. The van der Waals surface area contributed by atoms with Crippen LogP contribution in [0.1, 0.15) is 32.6 Å². The molecule has 0 aromatic carbocycles. The minimum absolute atomic E-state index is 0.0611. The smallest absolute Gasteiger partial charge is 0.241 e. The van der Waals surface area contributed by atoms with E-state index in [9.17, 15) is 9.59 Å². The van der Waals surface area contributed by atoms with Gasteiger partial charge >= 0.3 is 0 Å².